The second-order valence-electron chi connectivity index (χ2n) is 3.64. The van der Waals surface area contributed by atoms with Crippen LogP contribution in [0.5, 0.6) is 0 Å². The fourth-order valence-electron chi connectivity index (χ4n) is 1.40. The van der Waals surface area contributed by atoms with Gasteiger partial charge in [-0.05, 0) is 28.9 Å². The van der Waals surface area contributed by atoms with Crippen LogP contribution in [0.2, 0.25) is 0 Å². The number of aryl methyl sites for hydroxylation is 1. The summed E-state index contributed by atoms with van der Waals surface area (Å²) in [5, 5.41) is 4.74. The number of carbonyl (C=O) groups excluding carboxylic acids is 1. The first-order chi connectivity index (χ1) is 8.06. The molecule has 90 valence electrons. The van der Waals surface area contributed by atoms with Crippen LogP contribution in [-0.4, -0.2) is 22.8 Å². The maximum atomic E-state index is 12.0. The highest BCUT2D eigenvalue weighted by molar-refractivity contribution is 9.10. The van der Waals surface area contributed by atoms with Gasteiger partial charge in [-0.15, -0.1) is 22.7 Å². The van der Waals surface area contributed by atoms with E-state index in [2.05, 4.69) is 20.9 Å². The summed E-state index contributed by atoms with van der Waals surface area (Å²) >= 11 is 6.54. The topological polar surface area (TPSA) is 33.2 Å². The van der Waals surface area contributed by atoms with Crippen LogP contribution in [0.4, 0.5) is 0 Å². The largest absolute Gasteiger partial charge is 0.335 e. The molecule has 0 radical (unpaired) electrons. The lowest BCUT2D eigenvalue weighted by molar-refractivity contribution is 0.0781. The molecule has 2 heterocycles. The molecule has 0 aliphatic rings. The highest BCUT2D eigenvalue weighted by Crippen LogP contribution is 2.21. The number of carbonyl (C=O) groups is 1. The number of halogens is 1. The highest BCUT2D eigenvalue weighted by Gasteiger charge is 2.15. The molecule has 0 saturated heterocycles. The van der Waals surface area contributed by atoms with Gasteiger partial charge in [0.05, 0.1) is 11.6 Å². The summed E-state index contributed by atoms with van der Waals surface area (Å²) in [5.74, 6) is -0.0288. The molecule has 0 bridgehead atoms. The highest BCUT2D eigenvalue weighted by atomic mass is 79.9. The van der Waals surface area contributed by atoms with Crippen molar-refractivity contribution in [2.75, 3.05) is 7.05 Å². The van der Waals surface area contributed by atoms with E-state index < -0.39 is 0 Å². The molecule has 0 fully saturated rings. The van der Waals surface area contributed by atoms with Gasteiger partial charge in [-0.3, -0.25) is 4.79 Å². The van der Waals surface area contributed by atoms with Crippen molar-refractivity contribution < 1.29 is 4.79 Å². The van der Waals surface area contributed by atoms with E-state index in [1.807, 2.05) is 18.4 Å². The minimum Gasteiger partial charge on any atom is -0.335 e. The van der Waals surface area contributed by atoms with E-state index in [0.717, 1.165) is 14.4 Å². The summed E-state index contributed by atoms with van der Waals surface area (Å²) in [6, 6.07) is 2.03. The Morgan fingerprint density at radius 2 is 2.24 bits per heavy atom. The molecular weight excluding hydrogens is 320 g/mol. The van der Waals surface area contributed by atoms with Gasteiger partial charge in [0, 0.05) is 27.2 Å². The maximum Gasteiger partial charge on any atom is 0.273 e. The van der Waals surface area contributed by atoms with Crippen molar-refractivity contribution in [2.45, 2.75) is 13.5 Å². The van der Waals surface area contributed by atoms with Gasteiger partial charge in [0.15, 0.2) is 0 Å². The van der Waals surface area contributed by atoms with Crippen molar-refractivity contribution in [2.24, 2.45) is 0 Å². The number of hydrogen-bond acceptors (Lipinski definition) is 4. The number of thiophene rings is 1. The first-order valence-electron chi connectivity index (χ1n) is 4.97. The van der Waals surface area contributed by atoms with Crippen molar-refractivity contribution in [3.05, 3.63) is 36.9 Å². The third kappa shape index (κ3) is 3.14. The molecule has 0 atom stereocenters. The second kappa shape index (κ2) is 5.29. The SMILES string of the molecule is Cc1nc(C(=O)N(C)Cc2cc(Br)cs2)cs1. The van der Waals surface area contributed by atoms with E-state index in [9.17, 15) is 4.79 Å². The smallest absolute Gasteiger partial charge is 0.273 e. The standard InChI is InChI=1S/C11H11BrN2OS2/c1-7-13-10(6-16-7)11(15)14(2)4-9-3-8(12)5-17-9/h3,5-6H,4H2,1-2H3. The number of nitrogens with zero attached hydrogens (tertiary/aromatic N) is 2. The fourth-order valence-corrected chi connectivity index (χ4v) is 3.49. The molecule has 2 rings (SSSR count). The van der Waals surface area contributed by atoms with Crippen molar-refractivity contribution >= 4 is 44.5 Å². The number of aromatic nitrogens is 1. The quantitative estimate of drug-likeness (QED) is 0.862. The Labute approximate surface area is 116 Å². The molecule has 0 unspecified atom stereocenters. The van der Waals surface area contributed by atoms with Gasteiger partial charge < -0.3 is 4.90 Å². The normalized spacial score (nSPS) is 10.5. The molecule has 1 amide bonds. The lowest BCUT2D eigenvalue weighted by Crippen LogP contribution is -2.26. The maximum absolute atomic E-state index is 12.0. The predicted molar refractivity (Wildman–Crippen MR) is 74.7 cm³/mol. The van der Waals surface area contributed by atoms with Crippen LogP contribution in [0, 0.1) is 6.92 Å². The summed E-state index contributed by atoms with van der Waals surface area (Å²) in [6.45, 7) is 2.52. The second-order valence-corrected chi connectivity index (χ2v) is 6.62. The molecule has 0 spiro atoms. The van der Waals surface area contributed by atoms with Crippen molar-refractivity contribution in [3.8, 4) is 0 Å². The van der Waals surface area contributed by atoms with Crippen LogP contribution in [0.25, 0.3) is 0 Å². The van der Waals surface area contributed by atoms with E-state index >= 15 is 0 Å². The number of rotatable bonds is 3. The Balaban J connectivity index is 2.05. The summed E-state index contributed by atoms with van der Waals surface area (Å²) in [4.78, 5) is 19.1. The monoisotopic (exact) mass is 330 g/mol. The summed E-state index contributed by atoms with van der Waals surface area (Å²) in [6.07, 6.45) is 0. The predicted octanol–water partition coefficient (Wildman–Crippen LogP) is 3.55. The van der Waals surface area contributed by atoms with Crippen LogP contribution in [0.1, 0.15) is 20.4 Å². The molecule has 0 aromatic carbocycles. The van der Waals surface area contributed by atoms with E-state index in [1.165, 1.54) is 11.3 Å². The van der Waals surface area contributed by atoms with Crippen LogP contribution in [0.15, 0.2) is 21.3 Å². The van der Waals surface area contributed by atoms with E-state index in [4.69, 9.17) is 0 Å². The zero-order chi connectivity index (χ0) is 12.4. The first-order valence-corrected chi connectivity index (χ1v) is 7.52. The third-order valence-electron chi connectivity index (χ3n) is 2.20. The number of thiazole rings is 1. The lowest BCUT2D eigenvalue weighted by Gasteiger charge is -2.14. The Morgan fingerprint density at radius 3 is 2.76 bits per heavy atom. The van der Waals surface area contributed by atoms with Gasteiger partial charge in [0.25, 0.3) is 5.91 Å². The average Bonchev–Trinajstić information content (AvgIpc) is 2.87. The minimum atomic E-state index is -0.0288. The third-order valence-corrected chi connectivity index (χ3v) is 4.66. The van der Waals surface area contributed by atoms with Crippen LogP contribution < -0.4 is 0 Å². The van der Waals surface area contributed by atoms with Crippen LogP contribution in [-0.2, 0) is 6.54 Å². The van der Waals surface area contributed by atoms with Gasteiger partial charge in [0.1, 0.15) is 5.69 Å². The molecule has 0 aliphatic carbocycles. The van der Waals surface area contributed by atoms with Crippen LogP contribution in [0.3, 0.4) is 0 Å². The molecule has 0 N–H and O–H groups in total. The Morgan fingerprint density at radius 1 is 1.47 bits per heavy atom. The molecule has 17 heavy (non-hydrogen) atoms. The van der Waals surface area contributed by atoms with E-state index in [1.54, 1.807) is 28.7 Å². The fraction of sp³-hybridized carbons (Fsp3) is 0.273. The molecule has 0 aliphatic heterocycles. The summed E-state index contributed by atoms with van der Waals surface area (Å²) in [5.41, 5.74) is 0.533. The molecular formula is C11H11BrN2OS2. The van der Waals surface area contributed by atoms with Gasteiger partial charge in [-0.25, -0.2) is 4.98 Å². The summed E-state index contributed by atoms with van der Waals surface area (Å²) < 4.78 is 1.06. The zero-order valence-electron chi connectivity index (χ0n) is 9.44. The zero-order valence-corrected chi connectivity index (χ0v) is 12.7. The average molecular weight is 331 g/mol. The molecule has 2 aromatic rings. The number of hydrogen-bond donors (Lipinski definition) is 0. The van der Waals surface area contributed by atoms with Crippen LogP contribution >= 0.6 is 38.6 Å². The minimum absolute atomic E-state index is 0.0288. The van der Waals surface area contributed by atoms with E-state index in [-0.39, 0.29) is 5.91 Å². The van der Waals surface area contributed by atoms with Crippen molar-refractivity contribution in [3.63, 3.8) is 0 Å². The Bertz CT molecular complexity index is 535. The van der Waals surface area contributed by atoms with Gasteiger partial charge in [-0.1, -0.05) is 0 Å². The Kier molecular flexibility index (Phi) is 3.96. The summed E-state index contributed by atoms with van der Waals surface area (Å²) in [7, 11) is 1.80. The van der Waals surface area contributed by atoms with Crippen molar-refractivity contribution in [1.82, 2.24) is 9.88 Å². The van der Waals surface area contributed by atoms with Gasteiger partial charge in [-0.2, -0.15) is 0 Å². The van der Waals surface area contributed by atoms with E-state index in [0.29, 0.717) is 12.2 Å². The van der Waals surface area contributed by atoms with Gasteiger partial charge in [0.2, 0.25) is 0 Å². The molecule has 2 aromatic heterocycles. The number of amides is 1. The molecule has 0 saturated carbocycles. The first kappa shape index (κ1) is 12.7. The molecule has 6 heteroatoms. The van der Waals surface area contributed by atoms with Crippen molar-refractivity contribution in [1.29, 1.82) is 0 Å². The lowest BCUT2D eigenvalue weighted by atomic mass is 10.4. The molecule has 3 nitrogen and oxygen atoms in total. The Hall–Kier alpha value is -0.720. The van der Waals surface area contributed by atoms with Gasteiger partial charge >= 0.3 is 0 Å².